The Bertz CT molecular complexity index is 2470. The molecular weight excluding hydrogens is 876 g/mol. The second-order valence-corrected chi connectivity index (χ2v) is 12.5. The Hall–Kier alpha value is -7.23. The third kappa shape index (κ3) is 12.2. The van der Waals surface area contributed by atoms with Gasteiger partial charge >= 0.3 is 29.9 Å². The first-order valence-corrected chi connectivity index (χ1v) is 17.7. The minimum atomic E-state index is -1.32. The number of aromatic carboxylic acids is 2. The van der Waals surface area contributed by atoms with Gasteiger partial charge in [0, 0.05) is 11.6 Å². The molecule has 20 nitrogen and oxygen atoms in total. The van der Waals surface area contributed by atoms with Crippen molar-refractivity contribution in [1.82, 2.24) is 29.9 Å². The molecule has 0 saturated heterocycles. The van der Waals surface area contributed by atoms with E-state index in [-0.39, 0.29) is 73.9 Å². The number of aliphatic carboxylic acids is 1. The molecule has 0 fully saturated rings. The largest absolute Gasteiger partial charge is 0.481 e. The van der Waals surface area contributed by atoms with Crippen LogP contribution in [-0.4, -0.2) is 98.2 Å². The number of aromatic nitrogens is 6. The van der Waals surface area contributed by atoms with Crippen molar-refractivity contribution in [3.05, 3.63) is 92.4 Å². The average molecular weight is 907 g/mol. The molecule has 6 rings (SSSR count). The number of aryl methyl sites for hydroxylation is 1. The van der Waals surface area contributed by atoms with E-state index < -0.39 is 41.4 Å². The van der Waals surface area contributed by atoms with Crippen LogP contribution in [0.25, 0.3) is 10.9 Å². The van der Waals surface area contributed by atoms with Crippen LogP contribution in [-0.2, 0) is 4.79 Å². The van der Waals surface area contributed by atoms with Crippen LogP contribution < -0.4 is 38.9 Å². The minimum absolute atomic E-state index is 0.0640. The van der Waals surface area contributed by atoms with E-state index in [4.69, 9.17) is 79.2 Å². The van der Waals surface area contributed by atoms with E-state index in [1.54, 1.807) is 18.3 Å². The van der Waals surface area contributed by atoms with E-state index in [1.165, 1.54) is 58.8 Å². The van der Waals surface area contributed by atoms with E-state index in [0.717, 1.165) is 10.9 Å². The Morgan fingerprint density at radius 3 is 1.64 bits per heavy atom. The van der Waals surface area contributed by atoms with Gasteiger partial charge in [-0.2, -0.15) is 29.3 Å². The summed E-state index contributed by atoms with van der Waals surface area (Å²) < 4.78 is 49.0. The zero-order valence-electron chi connectivity index (χ0n) is 32.1. The number of carboxylic acid groups (broad SMARTS) is 3. The van der Waals surface area contributed by atoms with Gasteiger partial charge in [0.05, 0.1) is 56.8 Å². The van der Waals surface area contributed by atoms with Gasteiger partial charge in [0.1, 0.15) is 32.7 Å². The van der Waals surface area contributed by atoms with Crippen LogP contribution in [0.3, 0.4) is 0 Å². The smallest absolute Gasteiger partial charge is 0.343 e. The maximum Gasteiger partial charge on any atom is 0.343 e. The van der Waals surface area contributed by atoms with E-state index in [1.807, 2.05) is 13.0 Å². The molecule has 2 aromatic carbocycles. The third-order valence-electron chi connectivity index (χ3n) is 7.28. The summed E-state index contributed by atoms with van der Waals surface area (Å²) in [6, 6.07) is 12.1. The van der Waals surface area contributed by atoms with Crippen LogP contribution in [0, 0.1) is 12.9 Å². The van der Waals surface area contributed by atoms with Gasteiger partial charge in [-0.1, -0.05) is 46.9 Å². The lowest BCUT2D eigenvalue weighted by Crippen LogP contribution is -2.11. The summed E-state index contributed by atoms with van der Waals surface area (Å²) >= 11 is 16.8. The second kappa shape index (κ2) is 21.2. The fourth-order valence-corrected chi connectivity index (χ4v) is 5.20. The number of methoxy groups -OCH3 is 4. The van der Waals surface area contributed by atoms with Crippen molar-refractivity contribution in [1.29, 1.82) is 0 Å². The third-order valence-corrected chi connectivity index (χ3v) is 8.32. The molecule has 0 spiro atoms. The van der Waals surface area contributed by atoms with Crippen LogP contribution in [0.15, 0.2) is 54.7 Å². The van der Waals surface area contributed by atoms with Crippen LogP contribution >= 0.6 is 34.8 Å². The van der Waals surface area contributed by atoms with Crippen molar-refractivity contribution in [3.63, 3.8) is 0 Å². The van der Waals surface area contributed by atoms with E-state index >= 15 is 0 Å². The maximum absolute atomic E-state index is 12.9. The number of rotatable bonds is 13. The Labute approximate surface area is 358 Å². The number of pyridine rings is 2. The molecule has 0 aliphatic rings. The SMILES string of the molecule is COc1cc(OC)nc(Oc2cccc(Oc3nc(OC)cc(OC)n3)c2C(=O)O)n1.Cc1cnc2c(C(=O)O)c(Cl)ccc2c1.Nc1c(Cl)c(F)nc(OCC(=O)O)c1Cl. The highest BCUT2D eigenvalue weighted by Crippen LogP contribution is 2.36. The van der Waals surface area contributed by atoms with Crippen LogP contribution in [0.5, 0.6) is 52.9 Å². The van der Waals surface area contributed by atoms with Crippen LogP contribution in [0.2, 0.25) is 15.1 Å². The zero-order valence-corrected chi connectivity index (χ0v) is 34.4. The number of ether oxygens (including phenoxy) is 7. The molecule has 5 N–H and O–H groups in total. The first-order chi connectivity index (χ1) is 29.0. The molecule has 0 amide bonds. The van der Waals surface area contributed by atoms with E-state index in [0.29, 0.717) is 5.52 Å². The Morgan fingerprint density at radius 1 is 0.705 bits per heavy atom. The Kier molecular flexibility index (Phi) is 16.1. The predicted octanol–water partition coefficient (Wildman–Crippen LogP) is 7.05. The number of halogens is 4. The highest BCUT2D eigenvalue weighted by atomic mass is 35.5. The molecule has 4 heterocycles. The fraction of sp³-hybridized carbons (Fsp3) is 0.162. The summed E-state index contributed by atoms with van der Waals surface area (Å²) in [5, 5.41) is 27.4. The monoisotopic (exact) mass is 905 g/mol. The summed E-state index contributed by atoms with van der Waals surface area (Å²) in [6.45, 7) is 1.20. The Morgan fingerprint density at radius 2 is 1.20 bits per heavy atom. The molecular formula is C37H31Cl3FN7O13. The number of nitrogens with zero attached hydrogens (tertiary/aromatic N) is 6. The quantitative estimate of drug-likeness (QED) is 0.0844. The molecule has 0 saturated carbocycles. The summed E-state index contributed by atoms with van der Waals surface area (Å²) in [5.74, 6) is -4.60. The van der Waals surface area contributed by atoms with Crippen molar-refractivity contribution in [3.8, 4) is 52.9 Å². The van der Waals surface area contributed by atoms with Gasteiger partial charge in [-0.15, -0.1) is 0 Å². The molecule has 4 aromatic heterocycles. The van der Waals surface area contributed by atoms with Crippen molar-refractivity contribution in [2.24, 2.45) is 0 Å². The first kappa shape index (κ1) is 46.5. The molecule has 0 radical (unpaired) electrons. The van der Waals surface area contributed by atoms with Crippen molar-refractivity contribution < 1.29 is 67.3 Å². The first-order valence-electron chi connectivity index (χ1n) is 16.6. The van der Waals surface area contributed by atoms with Crippen LogP contribution in [0.4, 0.5) is 10.1 Å². The fourth-order valence-electron chi connectivity index (χ4n) is 4.59. The van der Waals surface area contributed by atoms with Gasteiger partial charge < -0.3 is 54.2 Å². The van der Waals surface area contributed by atoms with Gasteiger partial charge in [0.2, 0.25) is 35.3 Å². The highest BCUT2D eigenvalue weighted by molar-refractivity contribution is 6.39. The highest BCUT2D eigenvalue weighted by Gasteiger charge is 2.23. The maximum atomic E-state index is 12.9. The molecule has 0 unspecified atom stereocenters. The van der Waals surface area contributed by atoms with Gasteiger partial charge in [0.25, 0.3) is 0 Å². The Balaban J connectivity index is 0.000000227. The number of carbonyl (C=O) groups is 3. The topological polar surface area (TPSA) is 280 Å². The molecule has 24 heteroatoms. The minimum Gasteiger partial charge on any atom is -0.481 e. The standard InChI is InChI=1S/C19H18N4O8.C11H8ClNO2.C7H5Cl2FN2O3/c1-26-12-8-13(27-2)21-18(20-12)30-10-6-5-7-11(16(10)17(24)25)31-19-22-14(28-3)9-15(23-19)29-4;1-6-4-7-2-3-8(12)9(11(14)15)10(7)13-5-6;8-3-5(11)4(9)7(12-6(3)10)15-1-2(13)14/h5-9H,1-4H3,(H,24,25);2-5H,1H3,(H,14,15);1H2,(H2,11,12)(H,13,14). The molecule has 61 heavy (non-hydrogen) atoms. The van der Waals surface area contributed by atoms with Gasteiger partial charge in [-0.3, -0.25) is 4.98 Å². The number of hydrogen-bond acceptors (Lipinski definition) is 17. The summed E-state index contributed by atoms with van der Waals surface area (Å²) in [4.78, 5) is 56.6. The van der Waals surface area contributed by atoms with Gasteiger partial charge in [0.15, 0.2) is 6.61 Å². The summed E-state index contributed by atoms with van der Waals surface area (Å²) in [6.07, 6.45) is 1.63. The summed E-state index contributed by atoms with van der Waals surface area (Å²) in [5.41, 5.74) is 6.25. The zero-order chi connectivity index (χ0) is 45.0. The summed E-state index contributed by atoms with van der Waals surface area (Å²) in [7, 11) is 5.63. The number of benzene rings is 2. The van der Waals surface area contributed by atoms with Crippen molar-refractivity contribution in [2.75, 3.05) is 40.8 Å². The van der Waals surface area contributed by atoms with Crippen molar-refractivity contribution in [2.45, 2.75) is 6.92 Å². The molecule has 0 aliphatic carbocycles. The average Bonchev–Trinajstić information content (AvgIpc) is 3.23. The second-order valence-electron chi connectivity index (χ2n) is 11.4. The molecule has 0 bridgehead atoms. The van der Waals surface area contributed by atoms with Gasteiger partial charge in [-0.25, -0.2) is 14.4 Å². The number of anilines is 1. The number of hydrogen-bond donors (Lipinski definition) is 4. The number of fused-ring (bicyclic) bond motifs is 1. The van der Waals surface area contributed by atoms with E-state index in [2.05, 4.69) is 34.6 Å². The lowest BCUT2D eigenvalue weighted by Gasteiger charge is -2.13. The lowest BCUT2D eigenvalue weighted by atomic mass is 10.1. The molecule has 0 atom stereocenters. The number of carboxylic acids is 3. The predicted molar refractivity (Wildman–Crippen MR) is 214 cm³/mol. The normalized spacial score (nSPS) is 10.2. The lowest BCUT2D eigenvalue weighted by molar-refractivity contribution is -0.139. The van der Waals surface area contributed by atoms with E-state index in [9.17, 15) is 23.9 Å². The number of nitrogens with two attached hydrogens (primary N) is 1. The molecule has 320 valence electrons. The molecule has 0 aliphatic heterocycles. The number of nitrogen functional groups attached to an aromatic ring is 1. The van der Waals surface area contributed by atoms with Crippen molar-refractivity contribution >= 4 is 69.3 Å². The molecule has 6 aromatic rings. The van der Waals surface area contributed by atoms with Crippen LogP contribution in [0.1, 0.15) is 26.3 Å². The van der Waals surface area contributed by atoms with Gasteiger partial charge in [-0.05, 0) is 36.8 Å².